The quantitative estimate of drug-likeness (QED) is 0.709. The Morgan fingerprint density at radius 3 is 1.73 bits per heavy atom. The molecule has 0 aliphatic heterocycles. The molecule has 2 aromatic rings. The zero-order chi connectivity index (χ0) is 10.7. The summed E-state index contributed by atoms with van der Waals surface area (Å²) >= 11 is 0. The van der Waals surface area contributed by atoms with Gasteiger partial charge >= 0.3 is 0 Å². The van der Waals surface area contributed by atoms with E-state index in [4.69, 9.17) is 11.0 Å². The van der Waals surface area contributed by atoms with Crippen molar-refractivity contribution < 1.29 is 0 Å². The number of nitrogens with zero attached hydrogens (tertiary/aromatic N) is 1. The molecule has 0 amide bonds. The van der Waals surface area contributed by atoms with Gasteiger partial charge < -0.3 is 5.73 Å². The van der Waals surface area contributed by atoms with E-state index >= 15 is 0 Å². The highest BCUT2D eigenvalue weighted by atomic mass is 14.5. The second-order valence-electron chi connectivity index (χ2n) is 3.31. The lowest BCUT2D eigenvalue weighted by Crippen LogP contribution is -1.84. The summed E-state index contributed by atoms with van der Waals surface area (Å²) in [5.41, 5.74) is 9.24. The van der Waals surface area contributed by atoms with Crippen LogP contribution in [0.5, 0.6) is 0 Å². The summed E-state index contributed by atoms with van der Waals surface area (Å²) in [4.78, 5) is 0. The highest BCUT2D eigenvalue weighted by Gasteiger charge is 1.97. The van der Waals surface area contributed by atoms with Crippen molar-refractivity contribution in [1.29, 1.82) is 5.26 Å². The predicted octanol–water partition coefficient (Wildman–Crippen LogP) is 2.81. The third-order valence-electron chi connectivity index (χ3n) is 2.26. The molecule has 72 valence electrons. The molecule has 0 heterocycles. The van der Waals surface area contributed by atoms with Crippen molar-refractivity contribution in [2.24, 2.45) is 0 Å². The Labute approximate surface area is 88.6 Å². The van der Waals surface area contributed by atoms with Crippen LogP contribution in [0.4, 0.5) is 5.69 Å². The molecule has 0 unspecified atom stereocenters. The second kappa shape index (κ2) is 3.85. The smallest absolute Gasteiger partial charge is 0.0991 e. The van der Waals surface area contributed by atoms with Crippen molar-refractivity contribution in [3.8, 4) is 17.2 Å². The summed E-state index contributed by atoms with van der Waals surface area (Å²) in [5.74, 6) is 0. The van der Waals surface area contributed by atoms with E-state index in [0.717, 1.165) is 16.8 Å². The number of anilines is 1. The van der Waals surface area contributed by atoms with Crippen LogP contribution in [0.15, 0.2) is 48.5 Å². The van der Waals surface area contributed by atoms with E-state index in [1.165, 1.54) is 0 Å². The van der Waals surface area contributed by atoms with Crippen LogP contribution in [0.3, 0.4) is 0 Å². The standard InChI is InChI=1S/C13H10N2/c14-9-10-1-3-11(4-2-10)12-5-7-13(15)8-6-12/h1-8H,15H2. The fourth-order valence-corrected chi connectivity index (χ4v) is 1.41. The number of nitrogen functional groups attached to an aromatic ring is 1. The maximum absolute atomic E-state index is 8.67. The lowest BCUT2D eigenvalue weighted by atomic mass is 10.0. The first-order chi connectivity index (χ1) is 7.29. The Morgan fingerprint density at radius 1 is 0.800 bits per heavy atom. The molecule has 15 heavy (non-hydrogen) atoms. The SMILES string of the molecule is N#Cc1ccc(-c2ccc(N)cc2)cc1. The van der Waals surface area contributed by atoms with Crippen LogP contribution in [0.1, 0.15) is 5.56 Å². The van der Waals surface area contributed by atoms with Gasteiger partial charge in [-0.05, 0) is 35.4 Å². The third kappa shape index (κ3) is 1.97. The van der Waals surface area contributed by atoms with Crippen LogP contribution in [-0.2, 0) is 0 Å². The van der Waals surface area contributed by atoms with E-state index in [9.17, 15) is 0 Å². The van der Waals surface area contributed by atoms with Crippen molar-refractivity contribution in [1.82, 2.24) is 0 Å². The van der Waals surface area contributed by atoms with Crippen molar-refractivity contribution in [2.75, 3.05) is 5.73 Å². The minimum Gasteiger partial charge on any atom is -0.399 e. The van der Waals surface area contributed by atoms with E-state index in [0.29, 0.717) is 5.56 Å². The maximum Gasteiger partial charge on any atom is 0.0991 e. The zero-order valence-electron chi connectivity index (χ0n) is 8.14. The molecule has 0 saturated heterocycles. The number of rotatable bonds is 1. The summed E-state index contributed by atoms with van der Waals surface area (Å²) in [6.07, 6.45) is 0. The van der Waals surface area contributed by atoms with Gasteiger partial charge in [0, 0.05) is 5.69 Å². The third-order valence-corrected chi connectivity index (χ3v) is 2.26. The van der Waals surface area contributed by atoms with Gasteiger partial charge in [0.05, 0.1) is 11.6 Å². The molecule has 2 rings (SSSR count). The fourth-order valence-electron chi connectivity index (χ4n) is 1.41. The first kappa shape index (κ1) is 9.29. The van der Waals surface area contributed by atoms with Gasteiger partial charge in [-0.1, -0.05) is 24.3 Å². The highest BCUT2D eigenvalue weighted by Crippen LogP contribution is 2.20. The summed E-state index contributed by atoms with van der Waals surface area (Å²) in [7, 11) is 0. The van der Waals surface area contributed by atoms with Crippen LogP contribution in [0.25, 0.3) is 11.1 Å². The van der Waals surface area contributed by atoms with Gasteiger partial charge in [-0.2, -0.15) is 5.26 Å². The molecule has 0 fully saturated rings. The molecule has 2 nitrogen and oxygen atoms in total. The van der Waals surface area contributed by atoms with Gasteiger partial charge in [0.25, 0.3) is 0 Å². The van der Waals surface area contributed by atoms with E-state index < -0.39 is 0 Å². The summed E-state index contributed by atoms with van der Waals surface area (Å²) in [6, 6.07) is 17.3. The van der Waals surface area contributed by atoms with Crippen molar-refractivity contribution in [2.45, 2.75) is 0 Å². The van der Waals surface area contributed by atoms with Crippen LogP contribution >= 0.6 is 0 Å². The van der Waals surface area contributed by atoms with E-state index in [2.05, 4.69) is 6.07 Å². The summed E-state index contributed by atoms with van der Waals surface area (Å²) in [5, 5.41) is 8.67. The topological polar surface area (TPSA) is 49.8 Å². The van der Waals surface area contributed by atoms with Crippen LogP contribution in [0.2, 0.25) is 0 Å². The van der Waals surface area contributed by atoms with E-state index in [1.807, 2.05) is 48.5 Å². The molecule has 2 N–H and O–H groups in total. The zero-order valence-corrected chi connectivity index (χ0v) is 8.14. The average Bonchev–Trinajstić information content (AvgIpc) is 2.30. The van der Waals surface area contributed by atoms with Crippen LogP contribution < -0.4 is 5.73 Å². The molecule has 0 aromatic heterocycles. The van der Waals surface area contributed by atoms with Gasteiger partial charge in [-0.15, -0.1) is 0 Å². The number of benzene rings is 2. The summed E-state index contributed by atoms with van der Waals surface area (Å²) in [6.45, 7) is 0. The molecule has 0 aliphatic carbocycles. The second-order valence-corrected chi connectivity index (χ2v) is 3.31. The van der Waals surface area contributed by atoms with Crippen LogP contribution in [0, 0.1) is 11.3 Å². The van der Waals surface area contributed by atoms with Gasteiger partial charge in [0.1, 0.15) is 0 Å². The number of nitriles is 1. The van der Waals surface area contributed by atoms with Crippen molar-refractivity contribution in [3.05, 3.63) is 54.1 Å². The lowest BCUT2D eigenvalue weighted by molar-refractivity contribution is 1.48. The molecule has 2 heteroatoms. The Hall–Kier alpha value is -2.27. The number of hydrogen-bond acceptors (Lipinski definition) is 2. The monoisotopic (exact) mass is 194 g/mol. The van der Waals surface area contributed by atoms with Gasteiger partial charge in [0.15, 0.2) is 0 Å². The normalized spacial score (nSPS) is 9.53. The minimum absolute atomic E-state index is 0.675. The average molecular weight is 194 g/mol. The molecule has 0 aliphatic rings. The summed E-state index contributed by atoms with van der Waals surface area (Å²) < 4.78 is 0. The minimum atomic E-state index is 0.675. The number of nitrogens with two attached hydrogens (primary N) is 1. The molecule has 2 aromatic carbocycles. The van der Waals surface area contributed by atoms with E-state index in [-0.39, 0.29) is 0 Å². The van der Waals surface area contributed by atoms with Crippen molar-refractivity contribution in [3.63, 3.8) is 0 Å². The molecule has 0 radical (unpaired) electrons. The molecule has 0 spiro atoms. The Morgan fingerprint density at radius 2 is 1.27 bits per heavy atom. The molecule has 0 atom stereocenters. The van der Waals surface area contributed by atoms with Crippen LogP contribution in [-0.4, -0.2) is 0 Å². The number of hydrogen-bond donors (Lipinski definition) is 1. The molecular formula is C13H10N2. The Balaban J connectivity index is 2.38. The predicted molar refractivity (Wildman–Crippen MR) is 61.0 cm³/mol. The Kier molecular flexibility index (Phi) is 2.38. The first-order valence-electron chi connectivity index (χ1n) is 4.66. The van der Waals surface area contributed by atoms with E-state index in [1.54, 1.807) is 0 Å². The molecular weight excluding hydrogens is 184 g/mol. The van der Waals surface area contributed by atoms with Gasteiger partial charge in [-0.25, -0.2) is 0 Å². The largest absolute Gasteiger partial charge is 0.399 e. The van der Waals surface area contributed by atoms with Gasteiger partial charge in [0.2, 0.25) is 0 Å². The molecule has 0 saturated carbocycles. The van der Waals surface area contributed by atoms with Crippen molar-refractivity contribution >= 4 is 5.69 Å². The lowest BCUT2D eigenvalue weighted by Gasteiger charge is -2.01. The fraction of sp³-hybridized carbons (Fsp3) is 0. The molecule has 0 bridgehead atoms. The first-order valence-corrected chi connectivity index (χ1v) is 4.66. The van der Waals surface area contributed by atoms with Gasteiger partial charge in [-0.3, -0.25) is 0 Å². The maximum atomic E-state index is 8.67. The Bertz CT molecular complexity index is 490. The highest BCUT2D eigenvalue weighted by molar-refractivity contribution is 5.66.